The topological polar surface area (TPSA) is 68.3 Å². The van der Waals surface area contributed by atoms with Gasteiger partial charge in [0.15, 0.2) is 6.61 Å². The molecular formula is C22H28N2O3. The van der Waals surface area contributed by atoms with Crippen molar-refractivity contribution >= 4 is 22.8 Å². The Labute approximate surface area is 160 Å². The van der Waals surface area contributed by atoms with Gasteiger partial charge in [0.05, 0.1) is 11.1 Å². The van der Waals surface area contributed by atoms with Crippen LogP contribution in [-0.2, 0) is 22.4 Å². The van der Waals surface area contributed by atoms with Crippen molar-refractivity contribution in [2.45, 2.75) is 58.9 Å². The second-order valence-corrected chi connectivity index (χ2v) is 7.80. The molecule has 0 saturated heterocycles. The van der Waals surface area contributed by atoms with Crippen molar-refractivity contribution in [3.63, 3.8) is 0 Å². The van der Waals surface area contributed by atoms with E-state index < -0.39 is 5.97 Å². The average molecular weight is 368 g/mol. The molecule has 1 aromatic carbocycles. The number of esters is 1. The predicted octanol–water partition coefficient (Wildman–Crippen LogP) is 3.82. The molecule has 0 radical (unpaired) electrons. The van der Waals surface area contributed by atoms with E-state index >= 15 is 0 Å². The summed E-state index contributed by atoms with van der Waals surface area (Å²) >= 11 is 0. The van der Waals surface area contributed by atoms with Gasteiger partial charge in [-0.15, -0.1) is 0 Å². The highest BCUT2D eigenvalue weighted by molar-refractivity contribution is 6.05. The molecular weight excluding hydrogens is 340 g/mol. The summed E-state index contributed by atoms with van der Waals surface area (Å²) in [6.45, 7) is 6.04. The van der Waals surface area contributed by atoms with Crippen molar-refractivity contribution in [1.29, 1.82) is 0 Å². The van der Waals surface area contributed by atoms with Gasteiger partial charge >= 0.3 is 5.97 Å². The smallest absolute Gasteiger partial charge is 0.339 e. The van der Waals surface area contributed by atoms with Crippen LogP contribution >= 0.6 is 0 Å². The van der Waals surface area contributed by atoms with E-state index in [9.17, 15) is 9.59 Å². The van der Waals surface area contributed by atoms with Crippen LogP contribution in [0.5, 0.6) is 0 Å². The second kappa shape index (κ2) is 8.51. The van der Waals surface area contributed by atoms with E-state index in [4.69, 9.17) is 4.74 Å². The van der Waals surface area contributed by atoms with Crippen LogP contribution < -0.4 is 5.32 Å². The first-order valence-electron chi connectivity index (χ1n) is 9.82. The molecule has 1 aromatic heterocycles. The molecule has 3 rings (SSSR count). The summed E-state index contributed by atoms with van der Waals surface area (Å²) in [6, 6.07) is 7.69. The summed E-state index contributed by atoms with van der Waals surface area (Å²) in [6.07, 6.45) is 4.67. The number of fused-ring (bicyclic) bond motifs is 2. The second-order valence-electron chi connectivity index (χ2n) is 7.80. The fourth-order valence-corrected chi connectivity index (χ4v) is 3.62. The number of amides is 1. The number of hydrogen-bond donors (Lipinski definition) is 1. The van der Waals surface area contributed by atoms with Gasteiger partial charge in [-0.2, -0.15) is 0 Å². The van der Waals surface area contributed by atoms with E-state index in [2.05, 4.69) is 24.1 Å². The maximum absolute atomic E-state index is 12.8. The number of nitrogens with one attached hydrogen (secondary N) is 1. The summed E-state index contributed by atoms with van der Waals surface area (Å²) < 4.78 is 5.37. The number of para-hydroxylation sites is 1. The first kappa shape index (κ1) is 19.3. The molecule has 5 heteroatoms. The minimum absolute atomic E-state index is 0.0737. The summed E-state index contributed by atoms with van der Waals surface area (Å²) in [5, 5.41) is 3.70. The van der Waals surface area contributed by atoms with Crippen LogP contribution in [0.4, 0.5) is 0 Å². The first-order valence-corrected chi connectivity index (χ1v) is 9.82. The number of benzene rings is 1. The molecule has 1 heterocycles. The number of pyridine rings is 1. The van der Waals surface area contributed by atoms with Crippen molar-refractivity contribution in [2.24, 2.45) is 5.92 Å². The Bertz CT molecular complexity index is 845. The fraction of sp³-hybridized carbons (Fsp3) is 0.500. The molecule has 2 aromatic rings. The molecule has 0 saturated carbocycles. The van der Waals surface area contributed by atoms with Gasteiger partial charge in [0, 0.05) is 17.1 Å². The minimum atomic E-state index is -0.434. The first-order chi connectivity index (χ1) is 13.0. The zero-order valence-corrected chi connectivity index (χ0v) is 16.4. The van der Waals surface area contributed by atoms with E-state index in [-0.39, 0.29) is 18.6 Å². The largest absolute Gasteiger partial charge is 0.452 e. The molecule has 1 aliphatic rings. The lowest BCUT2D eigenvalue weighted by molar-refractivity contribution is -0.124. The molecule has 0 fully saturated rings. The number of aromatic nitrogens is 1. The predicted molar refractivity (Wildman–Crippen MR) is 106 cm³/mol. The van der Waals surface area contributed by atoms with Crippen LogP contribution in [-0.4, -0.2) is 29.5 Å². The standard InChI is InChI=1S/C22H28N2O3/c1-14(2)11-12-15(3)23-20(25)13-27-22(26)21-16-7-4-5-9-18(16)24-19-10-6-8-17(19)21/h4-5,7,9,14-15H,6,8,10-13H2,1-3H3,(H,23,25)/t15-/m1/s1. The molecule has 0 spiro atoms. The van der Waals surface area contributed by atoms with Crippen molar-refractivity contribution in [2.75, 3.05) is 6.61 Å². The number of rotatable bonds is 7. The number of nitrogens with zero attached hydrogens (tertiary/aromatic N) is 1. The third kappa shape index (κ3) is 4.65. The maximum Gasteiger partial charge on any atom is 0.339 e. The third-order valence-corrected chi connectivity index (χ3v) is 5.04. The van der Waals surface area contributed by atoms with E-state index in [1.54, 1.807) is 0 Å². The number of hydrogen-bond acceptors (Lipinski definition) is 4. The SMILES string of the molecule is CC(C)CC[C@@H](C)NC(=O)COC(=O)c1c2c(nc3ccccc13)CCC2. The van der Waals surface area contributed by atoms with Gasteiger partial charge < -0.3 is 10.1 Å². The van der Waals surface area contributed by atoms with E-state index in [0.717, 1.165) is 54.3 Å². The van der Waals surface area contributed by atoms with E-state index in [1.807, 2.05) is 31.2 Å². The highest BCUT2D eigenvalue weighted by atomic mass is 16.5. The minimum Gasteiger partial charge on any atom is -0.452 e. The van der Waals surface area contributed by atoms with Crippen LogP contribution in [0.3, 0.4) is 0 Å². The van der Waals surface area contributed by atoms with Crippen molar-refractivity contribution in [3.8, 4) is 0 Å². The summed E-state index contributed by atoms with van der Waals surface area (Å²) in [5.41, 5.74) is 3.34. The monoisotopic (exact) mass is 368 g/mol. The van der Waals surface area contributed by atoms with Crippen LogP contribution in [0, 0.1) is 5.92 Å². The molecule has 1 atom stereocenters. The quantitative estimate of drug-likeness (QED) is 0.755. The van der Waals surface area contributed by atoms with Crippen LogP contribution in [0.15, 0.2) is 24.3 Å². The molecule has 144 valence electrons. The van der Waals surface area contributed by atoms with Crippen LogP contribution in [0.2, 0.25) is 0 Å². The Hall–Kier alpha value is -2.43. The molecule has 1 N–H and O–H groups in total. The molecule has 0 unspecified atom stereocenters. The Morgan fingerprint density at radius 3 is 2.70 bits per heavy atom. The molecule has 0 aliphatic heterocycles. The average Bonchev–Trinajstić information content (AvgIpc) is 3.10. The molecule has 1 aliphatic carbocycles. The van der Waals surface area contributed by atoms with Crippen LogP contribution in [0.1, 0.15) is 61.6 Å². The lowest BCUT2D eigenvalue weighted by Gasteiger charge is -2.16. The summed E-state index contributed by atoms with van der Waals surface area (Å²) in [5.74, 6) is -0.0874. The molecule has 1 amide bonds. The molecule has 0 bridgehead atoms. The molecule has 5 nitrogen and oxygen atoms in total. The fourth-order valence-electron chi connectivity index (χ4n) is 3.62. The zero-order valence-electron chi connectivity index (χ0n) is 16.4. The maximum atomic E-state index is 12.8. The lowest BCUT2D eigenvalue weighted by Crippen LogP contribution is -2.36. The highest BCUT2D eigenvalue weighted by Gasteiger charge is 2.25. The Kier molecular flexibility index (Phi) is 6.09. The van der Waals surface area contributed by atoms with E-state index in [1.165, 1.54) is 0 Å². The van der Waals surface area contributed by atoms with Gasteiger partial charge in [-0.25, -0.2) is 4.79 Å². The van der Waals surface area contributed by atoms with Crippen molar-refractivity contribution < 1.29 is 14.3 Å². The van der Waals surface area contributed by atoms with Crippen LogP contribution in [0.25, 0.3) is 10.9 Å². The molecule has 27 heavy (non-hydrogen) atoms. The lowest BCUT2D eigenvalue weighted by atomic mass is 10.0. The Balaban J connectivity index is 1.68. The number of aryl methyl sites for hydroxylation is 1. The normalized spacial score (nSPS) is 14.2. The van der Waals surface area contributed by atoms with Gasteiger partial charge in [-0.05, 0) is 56.6 Å². The Morgan fingerprint density at radius 1 is 1.15 bits per heavy atom. The van der Waals surface area contributed by atoms with Gasteiger partial charge in [0.1, 0.15) is 0 Å². The number of ether oxygens (including phenoxy) is 1. The Morgan fingerprint density at radius 2 is 1.93 bits per heavy atom. The number of carbonyl (C=O) groups excluding carboxylic acids is 2. The zero-order chi connectivity index (χ0) is 19.4. The van der Waals surface area contributed by atoms with Crippen molar-refractivity contribution in [1.82, 2.24) is 10.3 Å². The summed E-state index contributed by atoms with van der Waals surface area (Å²) in [4.78, 5) is 29.6. The highest BCUT2D eigenvalue weighted by Crippen LogP contribution is 2.30. The van der Waals surface area contributed by atoms with Gasteiger partial charge in [0.2, 0.25) is 0 Å². The van der Waals surface area contributed by atoms with E-state index in [0.29, 0.717) is 11.5 Å². The van der Waals surface area contributed by atoms with Crippen molar-refractivity contribution in [3.05, 3.63) is 41.1 Å². The number of carbonyl (C=O) groups is 2. The van der Waals surface area contributed by atoms with Gasteiger partial charge in [0.25, 0.3) is 5.91 Å². The van der Waals surface area contributed by atoms with Gasteiger partial charge in [-0.1, -0.05) is 32.0 Å². The summed E-state index contributed by atoms with van der Waals surface area (Å²) in [7, 11) is 0. The van der Waals surface area contributed by atoms with Gasteiger partial charge in [-0.3, -0.25) is 9.78 Å². The third-order valence-electron chi connectivity index (χ3n) is 5.04.